The van der Waals surface area contributed by atoms with Crippen molar-refractivity contribution in [3.8, 4) is 0 Å². The number of carbonyl (C=O) groups is 2. The Morgan fingerprint density at radius 1 is 1.36 bits per heavy atom. The van der Waals surface area contributed by atoms with Gasteiger partial charge in [0.05, 0.1) is 19.7 Å². The van der Waals surface area contributed by atoms with Gasteiger partial charge in [0.25, 0.3) is 0 Å². The molecule has 1 aromatic rings. The van der Waals surface area contributed by atoms with Crippen molar-refractivity contribution < 1.29 is 18.7 Å². The van der Waals surface area contributed by atoms with E-state index in [4.69, 9.17) is 0 Å². The van der Waals surface area contributed by atoms with Crippen LogP contribution < -0.4 is 5.32 Å². The van der Waals surface area contributed by atoms with E-state index in [1.54, 1.807) is 0 Å². The second kappa shape index (κ2) is 6.34. The van der Waals surface area contributed by atoms with Gasteiger partial charge in [0.1, 0.15) is 0 Å². The van der Waals surface area contributed by atoms with Crippen molar-refractivity contribution in [2.24, 2.45) is 0 Å². The number of rotatable bonds is 3. The molecule has 2 atom stereocenters. The molecule has 0 spiro atoms. The molecule has 2 amide bonds. The molecule has 2 rings (SSSR count). The molecular weight excluding hydrogens is 287 g/mol. The van der Waals surface area contributed by atoms with E-state index < -0.39 is 11.6 Å². The van der Waals surface area contributed by atoms with Gasteiger partial charge in [-0.05, 0) is 19.4 Å². The zero-order valence-corrected chi connectivity index (χ0v) is 13.1. The van der Waals surface area contributed by atoms with E-state index in [0.29, 0.717) is 0 Å². The van der Waals surface area contributed by atoms with Crippen molar-refractivity contribution in [3.63, 3.8) is 0 Å². The van der Waals surface area contributed by atoms with Crippen LogP contribution >= 0.6 is 0 Å². The maximum Gasteiger partial charge on any atom is 0.345 e. The van der Waals surface area contributed by atoms with Crippen LogP contribution in [-0.2, 0) is 9.53 Å². The van der Waals surface area contributed by atoms with Gasteiger partial charge in [0, 0.05) is 13.0 Å². The number of likely N-dealkylation sites (tertiary alicyclic amines) is 1. The highest BCUT2D eigenvalue weighted by Crippen LogP contribution is 2.27. The molecule has 5 nitrogen and oxygen atoms in total. The first kappa shape index (κ1) is 16.3. The number of nitrogens with zero attached hydrogens (tertiary/aromatic N) is 1. The fourth-order valence-corrected chi connectivity index (χ4v) is 2.51. The lowest BCUT2D eigenvalue weighted by molar-refractivity contribution is -0.153. The zero-order valence-electron chi connectivity index (χ0n) is 13.1. The van der Waals surface area contributed by atoms with E-state index in [1.807, 2.05) is 38.1 Å². The Morgan fingerprint density at radius 3 is 2.59 bits per heavy atom. The molecule has 0 bridgehead atoms. The third-order valence-corrected chi connectivity index (χ3v) is 3.98. The van der Waals surface area contributed by atoms with Gasteiger partial charge >= 0.3 is 12.0 Å². The summed E-state index contributed by atoms with van der Waals surface area (Å²) in [4.78, 5) is 24.9. The first-order chi connectivity index (χ1) is 10.4. The highest BCUT2D eigenvalue weighted by atomic mass is 19.1. The molecule has 1 aliphatic heterocycles. The van der Waals surface area contributed by atoms with Crippen LogP contribution in [0.15, 0.2) is 24.3 Å². The first-order valence-electron chi connectivity index (χ1n) is 7.25. The van der Waals surface area contributed by atoms with Crippen LogP contribution in [0, 0.1) is 6.92 Å². The number of carbonyl (C=O) groups excluding carboxylic acids is 2. The van der Waals surface area contributed by atoms with Crippen molar-refractivity contribution in [1.82, 2.24) is 10.2 Å². The van der Waals surface area contributed by atoms with E-state index in [-0.39, 0.29) is 31.6 Å². The summed E-state index contributed by atoms with van der Waals surface area (Å²) in [6, 6.07) is 7.25. The lowest BCUT2D eigenvalue weighted by Gasteiger charge is -2.22. The summed E-state index contributed by atoms with van der Waals surface area (Å²) in [6.07, 6.45) is -0.0357. The molecule has 1 heterocycles. The molecule has 1 aromatic carbocycles. The molecule has 0 radical (unpaired) electrons. The number of hydrogen-bond donors (Lipinski definition) is 1. The number of hydrogen-bond acceptors (Lipinski definition) is 3. The van der Waals surface area contributed by atoms with E-state index in [0.717, 1.165) is 18.2 Å². The minimum Gasteiger partial charge on any atom is -0.467 e. The number of methoxy groups -OCH3 is 1. The van der Waals surface area contributed by atoms with Crippen molar-refractivity contribution in [3.05, 3.63) is 35.4 Å². The minimum atomic E-state index is -2.10. The first-order valence-corrected chi connectivity index (χ1v) is 7.25. The van der Waals surface area contributed by atoms with Crippen LogP contribution in [0.5, 0.6) is 0 Å². The number of benzene rings is 1. The van der Waals surface area contributed by atoms with E-state index in [2.05, 4.69) is 10.1 Å². The van der Waals surface area contributed by atoms with Crippen LogP contribution in [0.2, 0.25) is 0 Å². The van der Waals surface area contributed by atoms with Gasteiger partial charge < -0.3 is 15.0 Å². The number of ether oxygens (including phenoxy) is 1. The fourth-order valence-electron chi connectivity index (χ4n) is 2.51. The van der Waals surface area contributed by atoms with E-state index in [1.165, 1.54) is 4.90 Å². The fraction of sp³-hybridized carbons (Fsp3) is 0.500. The summed E-state index contributed by atoms with van der Waals surface area (Å²) >= 11 is 0. The van der Waals surface area contributed by atoms with Crippen molar-refractivity contribution in [2.75, 3.05) is 20.2 Å². The molecule has 0 aromatic heterocycles. The number of amides is 2. The molecule has 1 fully saturated rings. The molecular formula is C16H21FN2O3. The van der Waals surface area contributed by atoms with Crippen LogP contribution in [0.3, 0.4) is 0 Å². The number of urea groups is 1. The highest BCUT2D eigenvalue weighted by Gasteiger charge is 2.47. The monoisotopic (exact) mass is 308 g/mol. The maximum absolute atomic E-state index is 14.3. The smallest absolute Gasteiger partial charge is 0.345 e. The Balaban J connectivity index is 1.96. The standard InChI is InChI=1S/C16H21FN2O3/c1-11-4-6-13(7-5-11)12(2)18-15(21)19-9-8-16(17,10-19)14(20)22-3/h4-7,12H,8-10H2,1-3H3,(H,18,21)/t12-,16+/m0/s1. The molecule has 6 heteroatoms. The zero-order chi connectivity index (χ0) is 16.3. The average molecular weight is 308 g/mol. The third kappa shape index (κ3) is 3.37. The second-order valence-corrected chi connectivity index (χ2v) is 5.71. The largest absolute Gasteiger partial charge is 0.467 e. The van der Waals surface area contributed by atoms with Gasteiger partial charge in [0.2, 0.25) is 5.67 Å². The summed E-state index contributed by atoms with van der Waals surface area (Å²) in [5.74, 6) is -0.922. The molecule has 0 saturated carbocycles. The number of aryl methyl sites for hydroxylation is 1. The summed E-state index contributed by atoms with van der Waals surface area (Å²) in [7, 11) is 1.14. The van der Waals surface area contributed by atoms with Gasteiger partial charge in [0.15, 0.2) is 0 Å². The Bertz CT molecular complexity index is 561. The molecule has 1 aliphatic rings. The van der Waals surface area contributed by atoms with Crippen molar-refractivity contribution in [2.45, 2.75) is 32.0 Å². The van der Waals surface area contributed by atoms with E-state index in [9.17, 15) is 14.0 Å². The van der Waals surface area contributed by atoms with Crippen LogP contribution in [0.1, 0.15) is 30.5 Å². The third-order valence-electron chi connectivity index (χ3n) is 3.98. The number of alkyl halides is 1. The average Bonchev–Trinajstić information content (AvgIpc) is 2.91. The molecule has 22 heavy (non-hydrogen) atoms. The summed E-state index contributed by atoms with van der Waals surface area (Å²) in [5, 5.41) is 2.82. The second-order valence-electron chi connectivity index (χ2n) is 5.71. The maximum atomic E-state index is 14.3. The van der Waals surface area contributed by atoms with Crippen LogP contribution in [-0.4, -0.2) is 42.8 Å². The lowest BCUT2D eigenvalue weighted by Crippen LogP contribution is -2.44. The predicted octanol–water partition coefficient (Wildman–Crippen LogP) is 2.35. The Kier molecular flexibility index (Phi) is 4.68. The Hall–Kier alpha value is -2.11. The van der Waals surface area contributed by atoms with Crippen LogP contribution in [0.25, 0.3) is 0 Å². The summed E-state index contributed by atoms with van der Waals surface area (Å²) < 4.78 is 18.8. The van der Waals surface area contributed by atoms with E-state index >= 15 is 0 Å². The number of esters is 1. The molecule has 0 aliphatic carbocycles. The topological polar surface area (TPSA) is 58.6 Å². The molecule has 0 unspecified atom stereocenters. The molecule has 120 valence electrons. The number of nitrogens with one attached hydrogen (secondary N) is 1. The SMILES string of the molecule is COC(=O)[C@@]1(F)CCN(C(=O)N[C@@H](C)c2ccc(C)cc2)C1. The predicted molar refractivity (Wildman–Crippen MR) is 80.2 cm³/mol. The summed E-state index contributed by atoms with van der Waals surface area (Å²) in [5.41, 5.74) is 0.0128. The van der Waals surface area contributed by atoms with Gasteiger partial charge in [-0.25, -0.2) is 14.0 Å². The Labute approximate surface area is 129 Å². The molecule has 1 saturated heterocycles. The van der Waals surface area contributed by atoms with Gasteiger partial charge in [-0.1, -0.05) is 29.8 Å². The Morgan fingerprint density at radius 2 is 2.00 bits per heavy atom. The van der Waals surface area contributed by atoms with Crippen LogP contribution in [0.4, 0.5) is 9.18 Å². The summed E-state index contributed by atoms with van der Waals surface area (Å²) in [6.45, 7) is 3.77. The lowest BCUT2D eigenvalue weighted by atomic mass is 10.1. The normalized spacial score (nSPS) is 22.3. The highest BCUT2D eigenvalue weighted by molar-refractivity contribution is 5.83. The quantitative estimate of drug-likeness (QED) is 0.872. The number of halogens is 1. The van der Waals surface area contributed by atoms with Gasteiger partial charge in [-0.2, -0.15) is 0 Å². The van der Waals surface area contributed by atoms with Gasteiger partial charge in [-0.3, -0.25) is 0 Å². The minimum absolute atomic E-state index is 0.0357. The van der Waals surface area contributed by atoms with Crippen molar-refractivity contribution >= 4 is 12.0 Å². The van der Waals surface area contributed by atoms with Crippen molar-refractivity contribution in [1.29, 1.82) is 0 Å². The molecule has 1 N–H and O–H groups in total. The van der Waals surface area contributed by atoms with Gasteiger partial charge in [-0.15, -0.1) is 0 Å².